The number of aryl methyl sites for hydroxylation is 1. The molecule has 0 aliphatic carbocycles. The highest BCUT2D eigenvalue weighted by Crippen LogP contribution is 2.31. The number of hydrogen-bond acceptors (Lipinski definition) is 2. The molecule has 0 saturated heterocycles. The molecule has 1 aromatic heterocycles. The molecule has 0 aliphatic rings. The summed E-state index contributed by atoms with van der Waals surface area (Å²) in [5.74, 6) is -1.23. The second kappa shape index (κ2) is 4.87. The third kappa shape index (κ3) is 2.22. The average Bonchev–Trinajstić information content (AvgIpc) is 2.60. The lowest BCUT2D eigenvalue weighted by molar-refractivity contribution is -0.124. The lowest BCUT2D eigenvalue weighted by Crippen LogP contribution is -2.29. The van der Waals surface area contributed by atoms with E-state index in [4.69, 9.17) is 23.2 Å². The van der Waals surface area contributed by atoms with Crippen molar-refractivity contribution in [3.8, 4) is 0 Å². The Hall–Kier alpha value is -1.52. The number of benzene rings is 1. The van der Waals surface area contributed by atoms with E-state index in [0.29, 0.717) is 15.9 Å². The van der Waals surface area contributed by atoms with Crippen molar-refractivity contribution in [3.63, 3.8) is 0 Å². The number of likely N-dealkylation sites (N-methyl/N-ethyl adjacent to an activating group) is 1. The number of fused-ring (bicyclic) bond motifs is 1. The smallest absolute Gasteiger partial charge is 0.294 e. The molecule has 0 bridgehead atoms. The van der Waals surface area contributed by atoms with E-state index in [2.05, 4.69) is 0 Å². The quantitative estimate of drug-likeness (QED) is 0.632. The number of ketones is 1. The summed E-state index contributed by atoms with van der Waals surface area (Å²) in [6, 6.07) is 5.07. The van der Waals surface area contributed by atoms with E-state index in [9.17, 15) is 9.59 Å². The van der Waals surface area contributed by atoms with E-state index < -0.39 is 11.7 Å². The molecule has 6 heteroatoms. The van der Waals surface area contributed by atoms with Crippen LogP contribution < -0.4 is 0 Å². The van der Waals surface area contributed by atoms with Gasteiger partial charge in [0.15, 0.2) is 0 Å². The molecule has 1 heterocycles. The topological polar surface area (TPSA) is 42.3 Å². The summed E-state index contributed by atoms with van der Waals surface area (Å²) in [6.07, 6.45) is 0. The molecule has 1 amide bonds. The van der Waals surface area contributed by atoms with Crippen molar-refractivity contribution in [2.45, 2.75) is 0 Å². The molecule has 19 heavy (non-hydrogen) atoms. The van der Waals surface area contributed by atoms with E-state index in [-0.39, 0.29) is 10.7 Å². The highest BCUT2D eigenvalue weighted by Gasteiger charge is 2.26. The first-order valence-corrected chi connectivity index (χ1v) is 6.29. The van der Waals surface area contributed by atoms with Crippen LogP contribution in [0.2, 0.25) is 10.2 Å². The first-order valence-electron chi connectivity index (χ1n) is 5.54. The van der Waals surface area contributed by atoms with Gasteiger partial charge in [0.05, 0.1) is 11.1 Å². The monoisotopic (exact) mass is 298 g/mol. The number of halogens is 2. The van der Waals surface area contributed by atoms with Crippen molar-refractivity contribution in [2.75, 3.05) is 14.1 Å². The summed E-state index contributed by atoms with van der Waals surface area (Å²) < 4.78 is 1.64. The SMILES string of the molecule is CN(C)C(=O)C(=O)c1c(Cl)n(C)c2cc(Cl)ccc12. The highest BCUT2D eigenvalue weighted by molar-refractivity contribution is 6.49. The van der Waals surface area contributed by atoms with Crippen molar-refractivity contribution in [1.82, 2.24) is 9.47 Å². The number of nitrogens with zero attached hydrogens (tertiary/aromatic N) is 2. The number of rotatable bonds is 2. The Morgan fingerprint density at radius 1 is 1.21 bits per heavy atom. The standard InChI is InChI=1S/C13H12Cl2N2O2/c1-16(2)13(19)11(18)10-8-5-4-7(14)6-9(8)17(3)12(10)15/h4-6H,1-3H3. The van der Waals surface area contributed by atoms with Gasteiger partial charge in [-0.1, -0.05) is 29.3 Å². The second-order valence-corrected chi connectivity index (χ2v) is 5.21. The van der Waals surface area contributed by atoms with Gasteiger partial charge in [-0.15, -0.1) is 0 Å². The van der Waals surface area contributed by atoms with Crippen molar-refractivity contribution >= 4 is 45.8 Å². The van der Waals surface area contributed by atoms with E-state index in [0.717, 1.165) is 0 Å². The zero-order valence-corrected chi connectivity index (χ0v) is 12.2. The third-order valence-corrected chi connectivity index (χ3v) is 3.60. The third-order valence-electron chi connectivity index (χ3n) is 2.92. The zero-order chi connectivity index (χ0) is 14.3. The molecule has 0 atom stereocenters. The van der Waals surface area contributed by atoms with Gasteiger partial charge in [-0.05, 0) is 12.1 Å². The molecule has 0 N–H and O–H groups in total. The fraction of sp³-hybridized carbons (Fsp3) is 0.231. The van der Waals surface area contributed by atoms with Crippen molar-refractivity contribution < 1.29 is 9.59 Å². The molecule has 0 aliphatic heterocycles. The number of aromatic nitrogens is 1. The van der Waals surface area contributed by atoms with Crippen LogP contribution >= 0.6 is 23.2 Å². The molecule has 100 valence electrons. The fourth-order valence-corrected chi connectivity index (χ4v) is 2.35. The van der Waals surface area contributed by atoms with Crippen molar-refractivity contribution in [2.24, 2.45) is 7.05 Å². The maximum atomic E-state index is 12.2. The Bertz CT molecular complexity index is 689. The minimum absolute atomic E-state index is 0.217. The molecule has 1 aromatic carbocycles. The summed E-state index contributed by atoms with van der Waals surface area (Å²) >= 11 is 12.1. The molecule has 0 unspecified atom stereocenters. The summed E-state index contributed by atoms with van der Waals surface area (Å²) in [6.45, 7) is 0. The number of Topliss-reactive ketones (excluding diaryl/α,β-unsaturated/α-hetero) is 1. The maximum Gasteiger partial charge on any atom is 0.294 e. The van der Waals surface area contributed by atoms with Crippen LogP contribution in [0.25, 0.3) is 10.9 Å². The van der Waals surface area contributed by atoms with Gasteiger partial charge in [0.1, 0.15) is 5.15 Å². The largest absolute Gasteiger partial charge is 0.342 e. The van der Waals surface area contributed by atoms with Gasteiger partial charge in [0.2, 0.25) is 0 Å². The van der Waals surface area contributed by atoms with Crippen molar-refractivity contribution in [1.29, 1.82) is 0 Å². The molecule has 0 radical (unpaired) electrons. The van der Waals surface area contributed by atoms with Crippen LogP contribution in [0.3, 0.4) is 0 Å². The Labute approximate surface area is 120 Å². The van der Waals surface area contributed by atoms with Crippen LogP contribution in [0.5, 0.6) is 0 Å². The predicted molar refractivity (Wildman–Crippen MR) is 76.0 cm³/mol. The van der Waals surface area contributed by atoms with Gasteiger partial charge < -0.3 is 9.47 Å². The highest BCUT2D eigenvalue weighted by atomic mass is 35.5. The average molecular weight is 299 g/mol. The van der Waals surface area contributed by atoms with Crippen LogP contribution in [0.1, 0.15) is 10.4 Å². The first kappa shape index (κ1) is 13.9. The summed E-state index contributed by atoms with van der Waals surface area (Å²) in [5.41, 5.74) is 0.932. The molecule has 0 saturated carbocycles. The molecule has 2 aromatic rings. The molecular weight excluding hydrogens is 287 g/mol. The van der Waals surface area contributed by atoms with Gasteiger partial charge in [-0.2, -0.15) is 0 Å². The van der Waals surface area contributed by atoms with Gasteiger partial charge >= 0.3 is 0 Å². The zero-order valence-electron chi connectivity index (χ0n) is 10.7. The van der Waals surface area contributed by atoms with Gasteiger partial charge in [-0.25, -0.2) is 0 Å². The number of hydrogen-bond donors (Lipinski definition) is 0. The first-order chi connectivity index (χ1) is 8.84. The molecule has 4 nitrogen and oxygen atoms in total. The minimum Gasteiger partial charge on any atom is -0.342 e. The lowest BCUT2D eigenvalue weighted by atomic mass is 10.1. The Morgan fingerprint density at radius 2 is 1.84 bits per heavy atom. The summed E-state index contributed by atoms with van der Waals surface area (Å²) in [4.78, 5) is 25.2. The molecule has 0 spiro atoms. The minimum atomic E-state index is -0.622. The van der Waals surface area contributed by atoms with Gasteiger partial charge in [-0.3, -0.25) is 9.59 Å². The summed E-state index contributed by atoms with van der Waals surface area (Å²) in [7, 11) is 4.77. The van der Waals surface area contributed by atoms with Crippen LogP contribution in [0.4, 0.5) is 0 Å². The van der Waals surface area contributed by atoms with E-state index in [1.54, 1.807) is 29.8 Å². The van der Waals surface area contributed by atoms with E-state index >= 15 is 0 Å². The lowest BCUT2D eigenvalue weighted by Gasteiger charge is -2.08. The van der Waals surface area contributed by atoms with Gasteiger partial charge in [0.25, 0.3) is 11.7 Å². The van der Waals surface area contributed by atoms with E-state index in [1.165, 1.54) is 19.0 Å². The van der Waals surface area contributed by atoms with Crippen LogP contribution in [0, 0.1) is 0 Å². The van der Waals surface area contributed by atoms with Crippen LogP contribution in [-0.2, 0) is 11.8 Å². The Kier molecular flexibility index (Phi) is 3.56. The number of carbonyl (C=O) groups excluding carboxylic acids is 2. The maximum absolute atomic E-state index is 12.2. The number of amides is 1. The van der Waals surface area contributed by atoms with Crippen LogP contribution in [0.15, 0.2) is 18.2 Å². The van der Waals surface area contributed by atoms with Crippen molar-refractivity contribution in [3.05, 3.63) is 33.9 Å². The number of carbonyl (C=O) groups is 2. The van der Waals surface area contributed by atoms with E-state index in [1.807, 2.05) is 0 Å². The normalized spacial score (nSPS) is 10.8. The Morgan fingerprint density at radius 3 is 2.42 bits per heavy atom. The fourth-order valence-electron chi connectivity index (χ4n) is 1.90. The molecule has 0 fully saturated rings. The van der Waals surface area contributed by atoms with Gasteiger partial charge in [0, 0.05) is 31.6 Å². The predicted octanol–water partition coefficient (Wildman–Crippen LogP) is 2.76. The molecular formula is C13H12Cl2N2O2. The second-order valence-electron chi connectivity index (χ2n) is 4.42. The van der Waals surface area contributed by atoms with Crippen LogP contribution in [-0.4, -0.2) is 35.3 Å². The molecule has 2 rings (SSSR count). The summed E-state index contributed by atoms with van der Waals surface area (Å²) in [5, 5.41) is 1.40. The Balaban J connectivity index is 2.71.